The molecule has 1 saturated heterocycles. The van der Waals surface area contributed by atoms with Crippen molar-refractivity contribution >= 4 is 41.2 Å². The molecule has 4 N–H and O–H groups in total. The predicted molar refractivity (Wildman–Crippen MR) is 126 cm³/mol. The molecule has 1 atom stereocenters. The zero-order chi connectivity index (χ0) is 23.6. The Bertz CT molecular complexity index is 942. The van der Waals surface area contributed by atoms with Crippen LogP contribution in [0.3, 0.4) is 0 Å². The van der Waals surface area contributed by atoms with E-state index in [2.05, 4.69) is 5.32 Å². The van der Waals surface area contributed by atoms with Gasteiger partial charge < -0.3 is 10.4 Å². The summed E-state index contributed by atoms with van der Waals surface area (Å²) >= 11 is 1.03. The van der Waals surface area contributed by atoms with Crippen LogP contribution in [0.2, 0.25) is 0 Å². The van der Waals surface area contributed by atoms with Crippen LogP contribution in [0.25, 0.3) is 0 Å². The highest BCUT2D eigenvalue weighted by molar-refractivity contribution is 8.02. The van der Waals surface area contributed by atoms with E-state index >= 15 is 0 Å². The molecule has 0 saturated carbocycles. The summed E-state index contributed by atoms with van der Waals surface area (Å²) in [4.78, 5) is 37.3. The Balaban J connectivity index is 1.44. The highest BCUT2D eigenvalue weighted by Crippen LogP contribution is 2.36. The molecule has 1 aliphatic rings. The number of hydrogen-bond acceptors (Lipinski definition) is 6. The van der Waals surface area contributed by atoms with Crippen LogP contribution < -0.4 is 15.1 Å². The lowest BCUT2D eigenvalue weighted by Crippen LogP contribution is -2.34. The van der Waals surface area contributed by atoms with E-state index in [0.717, 1.165) is 30.4 Å². The topological polar surface area (TPSA) is 122 Å². The van der Waals surface area contributed by atoms with Gasteiger partial charge in [-0.2, -0.15) is 0 Å². The molecule has 2 aromatic rings. The molecule has 9 nitrogen and oxygen atoms in total. The van der Waals surface area contributed by atoms with Gasteiger partial charge in [-0.25, -0.2) is 14.6 Å². The SMILES string of the molecule is O=C(CCCCCCC(=O)Nc1ccc(N2SC(O)N(Cc3ccccc3)C2=O)cc1)NO. The fourth-order valence-electron chi connectivity index (χ4n) is 3.39. The van der Waals surface area contributed by atoms with Crippen LogP contribution in [0.4, 0.5) is 16.2 Å². The van der Waals surface area contributed by atoms with Gasteiger partial charge in [0.05, 0.1) is 12.2 Å². The largest absolute Gasteiger partial charge is 0.363 e. The normalized spacial score (nSPS) is 15.6. The summed E-state index contributed by atoms with van der Waals surface area (Å²) < 4.78 is 1.44. The summed E-state index contributed by atoms with van der Waals surface area (Å²) in [7, 11) is 0. The summed E-state index contributed by atoms with van der Waals surface area (Å²) in [5.41, 5.74) is 2.80. The highest BCUT2D eigenvalue weighted by Gasteiger charge is 2.38. The zero-order valence-electron chi connectivity index (χ0n) is 18.1. The third-order valence-electron chi connectivity index (χ3n) is 5.15. The first-order valence-corrected chi connectivity index (χ1v) is 11.6. The number of nitrogens with one attached hydrogen (secondary N) is 2. The minimum Gasteiger partial charge on any atom is -0.363 e. The first kappa shape index (κ1) is 24.6. The maximum absolute atomic E-state index is 12.8. The van der Waals surface area contributed by atoms with Gasteiger partial charge in [0.1, 0.15) is 0 Å². The van der Waals surface area contributed by atoms with Gasteiger partial charge in [-0.1, -0.05) is 43.2 Å². The standard InChI is InChI=1S/C23H28N4O5S/c28-20(10-6-1-2-7-11-21(29)25-32)24-18-12-14-19(15-13-18)27-22(30)26(23(31)33-27)16-17-8-4-3-5-9-17/h3-5,8-9,12-15,23,31-32H,1-2,6-7,10-11,16H2,(H,24,28)(H,25,29). The molecular formula is C23H28N4O5S. The molecule has 3 rings (SSSR count). The van der Waals surface area contributed by atoms with Crippen molar-refractivity contribution in [3.8, 4) is 0 Å². The molecule has 1 heterocycles. The van der Waals surface area contributed by atoms with Crippen LogP contribution in [-0.2, 0) is 16.1 Å². The zero-order valence-corrected chi connectivity index (χ0v) is 19.0. The fraction of sp³-hybridized carbons (Fsp3) is 0.348. The van der Waals surface area contributed by atoms with Crippen LogP contribution >= 0.6 is 11.9 Å². The van der Waals surface area contributed by atoms with Crippen molar-refractivity contribution in [2.24, 2.45) is 0 Å². The van der Waals surface area contributed by atoms with Crippen LogP contribution in [0, 0.1) is 0 Å². The Morgan fingerprint density at radius 1 is 0.909 bits per heavy atom. The van der Waals surface area contributed by atoms with Crippen molar-refractivity contribution in [2.75, 3.05) is 9.62 Å². The second-order valence-corrected chi connectivity index (χ2v) is 8.66. The van der Waals surface area contributed by atoms with Gasteiger partial charge in [-0.15, -0.1) is 0 Å². The Morgan fingerprint density at radius 3 is 2.18 bits per heavy atom. The first-order valence-electron chi connectivity index (χ1n) is 10.8. The summed E-state index contributed by atoms with van der Waals surface area (Å²) in [6, 6.07) is 16.1. The number of amides is 4. The van der Waals surface area contributed by atoms with Crippen molar-refractivity contribution in [1.29, 1.82) is 0 Å². The van der Waals surface area contributed by atoms with Gasteiger partial charge in [0.2, 0.25) is 11.8 Å². The Kier molecular flexibility index (Phi) is 9.11. The Hall–Kier alpha value is -3.08. The van der Waals surface area contributed by atoms with E-state index in [1.54, 1.807) is 29.7 Å². The summed E-state index contributed by atoms with van der Waals surface area (Å²) in [6.07, 6.45) is 3.65. The number of carbonyl (C=O) groups is 3. The van der Waals surface area contributed by atoms with Gasteiger partial charge in [0.25, 0.3) is 0 Å². The smallest absolute Gasteiger partial charge is 0.337 e. The van der Waals surface area contributed by atoms with E-state index in [1.165, 1.54) is 9.21 Å². The monoisotopic (exact) mass is 472 g/mol. The molecule has 33 heavy (non-hydrogen) atoms. The average Bonchev–Trinajstić information content (AvgIpc) is 3.10. The van der Waals surface area contributed by atoms with Crippen molar-refractivity contribution < 1.29 is 24.7 Å². The van der Waals surface area contributed by atoms with Crippen molar-refractivity contribution in [3.05, 3.63) is 60.2 Å². The van der Waals surface area contributed by atoms with Gasteiger partial charge in [-0.3, -0.25) is 19.7 Å². The Labute approximate surface area is 196 Å². The minimum atomic E-state index is -0.977. The maximum Gasteiger partial charge on any atom is 0.337 e. The average molecular weight is 473 g/mol. The molecule has 1 fully saturated rings. The molecule has 0 radical (unpaired) electrons. The van der Waals surface area contributed by atoms with E-state index < -0.39 is 11.5 Å². The summed E-state index contributed by atoms with van der Waals surface area (Å²) in [5.74, 6) is -0.504. The molecule has 0 bridgehead atoms. The predicted octanol–water partition coefficient (Wildman–Crippen LogP) is 3.84. The summed E-state index contributed by atoms with van der Waals surface area (Å²) in [5, 5.41) is 21.6. The number of nitrogens with zero attached hydrogens (tertiary/aromatic N) is 2. The lowest BCUT2D eigenvalue weighted by molar-refractivity contribution is -0.129. The molecule has 2 aromatic carbocycles. The lowest BCUT2D eigenvalue weighted by atomic mass is 10.1. The summed E-state index contributed by atoms with van der Waals surface area (Å²) in [6.45, 7) is 0.313. The second kappa shape index (κ2) is 12.2. The van der Waals surface area contributed by atoms with Crippen LogP contribution in [0.15, 0.2) is 54.6 Å². The molecule has 0 aromatic heterocycles. The van der Waals surface area contributed by atoms with Gasteiger partial charge >= 0.3 is 6.03 Å². The van der Waals surface area contributed by atoms with Gasteiger partial charge in [0.15, 0.2) is 5.56 Å². The third-order valence-corrected chi connectivity index (χ3v) is 6.17. The van der Waals surface area contributed by atoms with E-state index in [1.807, 2.05) is 30.3 Å². The van der Waals surface area contributed by atoms with Crippen molar-refractivity contribution in [2.45, 2.75) is 50.6 Å². The molecule has 4 amide bonds. The number of hydrogen-bond donors (Lipinski definition) is 4. The third kappa shape index (κ3) is 7.21. The molecular weight excluding hydrogens is 444 g/mol. The van der Waals surface area contributed by atoms with Crippen LogP contribution in [-0.4, -0.2) is 38.6 Å². The number of urea groups is 1. The molecule has 10 heteroatoms. The van der Waals surface area contributed by atoms with Crippen LogP contribution in [0.5, 0.6) is 0 Å². The highest BCUT2D eigenvalue weighted by atomic mass is 32.2. The quantitative estimate of drug-likeness (QED) is 0.171. The fourth-order valence-corrected chi connectivity index (χ4v) is 4.29. The Morgan fingerprint density at radius 2 is 1.55 bits per heavy atom. The van der Waals surface area contributed by atoms with Gasteiger partial charge in [-0.05, 0) is 42.7 Å². The number of rotatable bonds is 11. The van der Waals surface area contributed by atoms with E-state index in [4.69, 9.17) is 5.21 Å². The maximum atomic E-state index is 12.8. The van der Waals surface area contributed by atoms with E-state index in [0.29, 0.717) is 37.2 Å². The lowest BCUT2D eigenvalue weighted by Gasteiger charge is -2.18. The first-order chi connectivity index (χ1) is 16.0. The number of hydroxylamine groups is 1. The van der Waals surface area contributed by atoms with Crippen molar-refractivity contribution in [1.82, 2.24) is 10.4 Å². The second-order valence-electron chi connectivity index (χ2n) is 7.67. The van der Waals surface area contributed by atoms with Crippen molar-refractivity contribution in [3.63, 3.8) is 0 Å². The van der Waals surface area contributed by atoms with Crippen LogP contribution in [0.1, 0.15) is 44.1 Å². The number of unbranched alkanes of at least 4 members (excludes halogenated alkanes) is 3. The minimum absolute atomic E-state index is 0.105. The number of anilines is 2. The molecule has 1 unspecified atom stereocenters. The molecule has 0 aliphatic carbocycles. The van der Waals surface area contributed by atoms with E-state index in [9.17, 15) is 19.5 Å². The number of aliphatic hydroxyl groups is 1. The van der Waals surface area contributed by atoms with Gasteiger partial charge in [0, 0.05) is 30.5 Å². The number of aliphatic hydroxyl groups excluding tert-OH is 1. The molecule has 1 aliphatic heterocycles. The number of benzene rings is 2. The van der Waals surface area contributed by atoms with E-state index in [-0.39, 0.29) is 18.4 Å². The molecule has 176 valence electrons. The molecule has 0 spiro atoms. The number of carbonyl (C=O) groups excluding carboxylic acids is 3.